The van der Waals surface area contributed by atoms with E-state index in [0.717, 1.165) is 41.6 Å². The van der Waals surface area contributed by atoms with Gasteiger partial charge < -0.3 is 10.2 Å². The van der Waals surface area contributed by atoms with Gasteiger partial charge in [0.1, 0.15) is 11.0 Å². The molecule has 0 bridgehead atoms. The minimum Gasteiger partial charge on any atom is -0.377 e. The third-order valence-corrected chi connectivity index (χ3v) is 8.23. The second-order valence-corrected chi connectivity index (χ2v) is 13.1. The van der Waals surface area contributed by atoms with Gasteiger partial charge in [0.15, 0.2) is 5.69 Å². The molecule has 1 aliphatic rings. The lowest BCUT2D eigenvalue weighted by molar-refractivity contribution is 0.0977. The highest BCUT2D eigenvalue weighted by Crippen LogP contribution is 2.31. The lowest BCUT2D eigenvalue weighted by atomic mass is 9.96. The van der Waals surface area contributed by atoms with Gasteiger partial charge in [-0.25, -0.2) is 33.1 Å². The minimum absolute atomic E-state index is 0.0328. The fourth-order valence-electron chi connectivity index (χ4n) is 5.36. The molecular weight excluding hydrogens is 592 g/mol. The highest BCUT2D eigenvalue weighted by molar-refractivity contribution is 7.89. The van der Waals surface area contributed by atoms with Crippen molar-refractivity contribution in [2.75, 3.05) is 29.6 Å². The number of carbonyl (C=O) groups excluding carboxylic acids is 1. The first-order chi connectivity index (χ1) is 20.3. The van der Waals surface area contributed by atoms with Crippen molar-refractivity contribution in [3.05, 3.63) is 80.4 Å². The van der Waals surface area contributed by atoms with Gasteiger partial charge in [0.05, 0.1) is 28.9 Å². The van der Waals surface area contributed by atoms with Crippen molar-refractivity contribution < 1.29 is 13.2 Å². The van der Waals surface area contributed by atoms with Crippen LogP contribution in [0.15, 0.2) is 41.5 Å². The molecule has 1 amide bonds. The number of sulfonamides is 1. The summed E-state index contributed by atoms with van der Waals surface area (Å²) in [5, 5.41) is 3.75. The van der Waals surface area contributed by atoms with Crippen LogP contribution in [-0.4, -0.2) is 58.2 Å². The molecule has 1 atom stereocenters. The monoisotopic (exact) mass is 624 g/mol. The van der Waals surface area contributed by atoms with Crippen LogP contribution < -0.4 is 20.5 Å². The number of benzene rings is 1. The van der Waals surface area contributed by atoms with E-state index in [-0.39, 0.29) is 28.0 Å². The van der Waals surface area contributed by atoms with E-state index in [1.54, 1.807) is 17.7 Å². The number of amides is 1. The summed E-state index contributed by atoms with van der Waals surface area (Å²) in [6, 6.07) is 6.37. The van der Waals surface area contributed by atoms with E-state index in [9.17, 15) is 18.0 Å². The number of piperidine rings is 1. The van der Waals surface area contributed by atoms with Gasteiger partial charge in [0.25, 0.3) is 11.5 Å². The van der Waals surface area contributed by atoms with Crippen molar-refractivity contribution in [1.82, 2.24) is 29.2 Å². The number of aromatic nitrogens is 5. The van der Waals surface area contributed by atoms with Crippen LogP contribution in [0, 0.1) is 13.8 Å². The molecule has 14 heteroatoms. The topological polar surface area (TPSA) is 152 Å². The number of nitrogens with one attached hydrogen (secondary N) is 2. The summed E-state index contributed by atoms with van der Waals surface area (Å²) in [6.45, 7) is 7.12. The van der Waals surface area contributed by atoms with Crippen LogP contribution in [0.1, 0.15) is 64.7 Å². The van der Waals surface area contributed by atoms with Gasteiger partial charge in [0, 0.05) is 44.0 Å². The van der Waals surface area contributed by atoms with Crippen LogP contribution >= 0.6 is 11.6 Å². The summed E-state index contributed by atoms with van der Waals surface area (Å²) < 4.78 is 26.9. The summed E-state index contributed by atoms with van der Waals surface area (Å²) in [6.07, 6.45) is 6.22. The predicted octanol–water partition coefficient (Wildman–Crippen LogP) is 3.64. The van der Waals surface area contributed by atoms with E-state index < -0.39 is 22.0 Å². The van der Waals surface area contributed by atoms with Crippen molar-refractivity contribution >= 4 is 50.1 Å². The fraction of sp³-hybridized carbons (Fsp3) is 0.379. The Hall–Kier alpha value is -4.10. The number of rotatable bonds is 7. The van der Waals surface area contributed by atoms with Crippen molar-refractivity contribution in [3.63, 3.8) is 0 Å². The second kappa shape index (κ2) is 11.9. The van der Waals surface area contributed by atoms with Crippen molar-refractivity contribution in [3.8, 4) is 0 Å². The van der Waals surface area contributed by atoms with Crippen LogP contribution in [0.5, 0.6) is 0 Å². The summed E-state index contributed by atoms with van der Waals surface area (Å²) in [5.74, 6) is 0.727. The van der Waals surface area contributed by atoms with Crippen LogP contribution in [0.3, 0.4) is 0 Å². The Balaban J connectivity index is 1.48. The van der Waals surface area contributed by atoms with Crippen LogP contribution in [0.4, 0.5) is 11.6 Å². The average molecular weight is 625 g/mol. The highest BCUT2D eigenvalue weighted by Gasteiger charge is 2.27. The number of hydrogen-bond donors (Lipinski definition) is 2. The number of aryl methyl sites for hydroxylation is 2. The molecule has 0 aliphatic carbocycles. The molecule has 12 nitrogen and oxygen atoms in total. The van der Waals surface area contributed by atoms with E-state index in [1.807, 2.05) is 50.0 Å². The molecule has 43 heavy (non-hydrogen) atoms. The van der Waals surface area contributed by atoms with Gasteiger partial charge in [-0.15, -0.1) is 0 Å². The third-order valence-electron chi connectivity index (χ3n) is 7.47. The fourth-order valence-corrected chi connectivity index (χ4v) is 5.94. The quantitative estimate of drug-likeness (QED) is 0.292. The molecule has 1 fully saturated rings. The molecule has 3 aromatic heterocycles. The number of pyridine rings is 1. The molecule has 4 aromatic rings. The van der Waals surface area contributed by atoms with Gasteiger partial charge in [0.2, 0.25) is 16.0 Å². The maximum Gasteiger partial charge on any atom is 0.285 e. The Morgan fingerprint density at radius 2 is 1.74 bits per heavy atom. The molecule has 0 saturated carbocycles. The molecule has 1 aliphatic heterocycles. The summed E-state index contributed by atoms with van der Waals surface area (Å²) in [4.78, 5) is 46.6. The molecule has 0 spiro atoms. The SMILES string of the molecule is Cc1cnc(C2CCN(c3nc4c([C@@H](C)Nc5ccc(Cl)nc5C(=O)NS(C)(=O)=O)cc(C)cc4c(=O)n3C)CC2)nc1. The molecular formula is C29H33ClN8O4S. The van der Waals surface area contributed by atoms with E-state index in [4.69, 9.17) is 16.6 Å². The summed E-state index contributed by atoms with van der Waals surface area (Å²) in [7, 11) is -2.10. The van der Waals surface area contributed by atoms with Crippen molar-refractivity contribution in [2.24, 2.45) is 7.05 Å². The van der Waals surface area contributed by atoms with E-state index in [2.05, 4.69) is 25.2 Å². The molecule has 1 aromatic carbocycles. The van der Waals surface area contributed by atoms with E-state index in [1.165, 1.54) is 6.07 Å². The van der Waals surface area contributed by atoms with Gasteiger partial charge in [-0.2, -0.15) is 0 Å². The number of carbonyl (C=O) groups is 1. The Bertz CT molecular complexity index is 1870. The number of fused-ring (bicyclic) bond motifs is 1. The van der Waals surface area contributed by atoms with Gasteiger partial charge in [-0.05, 0) is 62.9 Å². The molecule has 5 rings (SSSR count). The highest BCUT2D eigenvalue weighted by atomic mass is 35.5. The lowest BCUT2D eigenvalue weighted by Gasteiger charge is -2.33. The Kier molecular flexibility index (Phi) is 8.39. The first kappa shape index (κ1) is 30.4. The molecule has 0 radical (unpaired) electrons. The smallest absolute Gasteiger partial charge is 0.285 e. The van der Waals surface area contributed by atoms with Crippen LogP contribution in [-0.2, 0) is 17.1 Å². The van der Waals surface area contributed by atoms with Crippen molar-refractivity contribution in [2.45, 2.75) is 45.6 Å². The maximum atomic E-state index is 13.6. The Morgan fingerprint density at radius 3 is 2.40 bits per heavy atom. The van der Waals surface area contributed by atoms with Gasteiger partial charge >= 0.3 is 0 Å². The first-order valence-corrected chi connectivity index (χ1v) is 16.1. The third kappa shape index (κ3) is 6.62. The number of nitrogens with zero attached hydrogens (tertiary/aromatic N) is 6. The average Bonchev–Trinajstić information content (AvgIpc) is 2.95. The molecule has 226 valence electrons. The molecule has 1 saturated heterocycles. The largest absolute Gasteiger partial charge is 0.377 e. The number of anilines is 2. The van der Waals surface area contributed by atoms with Crippen LogP contribution in [0.25, 0.3) is 10.9 Å². The van der Waals surface area contributed by atoms with Crippen LogP contribution in [0.2, 0.25) is 5.15 Å². The maximum absolute atomic E-state index is 13.6. The zero-order chi connectivity index (χ0) is 31.1. The summed E-state index contributed by atoms with van der Waals surface area (Å²) >= 11 is 6.03. The predicted molar refractivity (Wildman–Crippen MR) is 166 cm³/mol. The van der Waals surface area contributed by atoms with E-state index >= 15 is 0 Å². The van der Waals surface area contributed by atoms with Crippen molar-refractivity contribution in [1.29, 1.82) is 0 Å². The zero-order valence-electron chi connectivity index (χ0n) is 24.5. The molecule has 0 unspecified atom stereocenters. The standard InChI is InChI=1S/C29H33ClN8O4S/c1-16-12-20(18(3)33-22-6-7-23(30)34-25(22)27(39)36-43(5,41)42)24-21(13-16)28(40)37(4)29(35-24)38-10-8-19(9-11-38)26-31-14-17(2)15-32-26/h6-7,12-15,18-19,33H,8-11H2,1-5H3,(H,36,39)/t18-/m1/s1. The Morgan fingerprint density at radius 1 is 1.07 bits per heavy atom. The Labute approximate surface area is 254 Å². The van der Waals surface area contributed by atoms with Gasteiger partial charge in [-0.1, -0.05) is 17.7 Å². The second-order valence-electron chi connectivity index (χ2n) is 11.0. The lowest BCUT2D eigenvalue weighted by Crippen LogP contribution is -2.38. The molecule has 2 N–H and O–H groups in total. The first-order valence-electron chi connectivity index (χ1n) is 13.8. The summed E-state index contributed by atoms with van der Waals surface area (Å²) in [5.41, 5.74) is 3.10. The minimum atomic E-state index is -3.83. The number of halogens is 1. The normalized spacial score (nSPS) is 15.0. The zero-order valence-corrected chi connectivity index (χ0v) is 26.1. The number of hydrogen-bond acceptors (Lipinski definition) is 10. The van der Waals surface area contributed by atoms with E-state index in [0.29, 0.717) is 29.9 Å². The van der Waals surface area contributed by atoms with Gasteiger partial charge in [-0.3, -0.25) is 14.2 Å². The molecule has 4 heterocycles.